The van der Waals surface area contributed by atoms with E-state index >= 15 is 0 Å². The van der Waals surface area contributed by atoms with Gasteiger partial charge in [0.05, 0.1) is 12.2 Å². The van der Waals surface area contributed by atoms with Gasteiger partial charge in [0.15, 0.2) is 0 Å². The van der Waals surface area contributed by atoms with Crippen LogP contribution in [0.5, 0.6) is 0 Å². The molecule has 1 rings (SSSR count). The maximum absolute atomic E-state index is 10.4. The van der Waals surface area contributed by atoms with Crippen LogP contribution < -0.4 is 0 Å². The summed E-state index contributed by atoms with van der Waals surface area (Å²) in [5.41, 5.74) is -0.660. The van der Waals surface area contributed by atoms with Crippen LogP contribution in [-0.2, 0) is 0 Å². The van der Waals surface area contributed by atoms with Crippen LogP contribution in [-0.4, -0.2) is 46.5 Å². The molecular formula is C14H29NO2. The highest BCUT2D eigenvalue weighted by molar-refractivity contribution is 4.85. The van der Waals surface area contributed by atoms with E-state index in [2.05, 4.69) is 18.7 Å². The van der Waals surface area contributed by atoms with Crippen LogP contribution in [0, 0.1) is 5.92 Å². The van der Waals surface area contributed by atoms with Crippen LogP contribution in [0.3, 0.4) is 0 Å². The second kappa shape index (κ2) is 6.72. The summed E-state index contributed by atoms with van der Waals surface area (Å²) in [6.45, 7) is 7.56. The van der Waals surface area contributed by atoms with Crippen molar-refractivity contribution in [1.29, 1.82) is 0 Å². The molecule has 0 spiro atoms. The van der Waals surface area contributed by atoms with Gasteiger partial charge in [-0.3, -0.25) is 4.90 Å². The second-order valence-electron chi connectivity index (χ2n) is 6.00. The second-order valence-corrected chi connectivity index (χ2v) is 6.00. The largest absolute Gasteiger partial charge is 0.395 e. The third-order valence-corrected chi connectivity index (χ3v) is 4.25. The van der Waals surface area contributed by atoms with Crippen LogP contribution >= 0.6 is 0 Å². The van der Waals surface area contributed by atoms with Crippen molar-refractivity contribution in [2.75, 3.05) is 19.7 Å². The molecule has 0 radical (unpaired) electrons. The first kappa shape index (κ1) is 14.9. The van der Waals surface area contributed by atoms with Gasteiger partial charge in [0, 0.05) is 19.1 Å². The smallest absolute Gasteiger partial charge is 0.0768 e. The molecule has 1 aliphatic rings. The first-order valence-corrected chi connectivity index (χ1v) is 7.04. The van der Waals surface area contributed by atoms with Crippen LogP contribution in [0.25, 0.3) is 0 Å². The van der Waals surface area contributed by atoms with Gasteiger partial charge < -0.3 is 10.2 Å². The summed E-state index contributed by atoms with van der Waals surface area (Å²) in [5.74, 6) is 0.243. The summed E-state index contributed by atoms with van der Waals surface area (Å²) in [6.07, 6.45) is 6.35. The van der Waals surface area contributed by atoms with Crippen LogP contribution in [0.4, 0.5) is 0 Å². The van der Waals surface area contributed by atoms with Gasteiger partial charge in [-0.05, 0) is 25.7 Å². The lowest BCUT2D eigenvalue weighted by molar-refractivity contribution is -0.0366. The zero-order chi connectivity index (χ0) is 12.9. The van der Waals surface area contributed by atoms with Gasteiger partial charge in [-0.25, -0.2) is 0 Å². The molecule has 1 fully saturated rings. The fourth-order valence-electron chi connectivity index (χ4n) is 2.56. The minimum atomic E-state index is -0.660. The summed E-state index contributed by atoms with van der Waals surface area (Å²) < 4.78 is 0. The van der Waals surface area contributed by atoms with E-state index in [1.54, 1.807) is 0 Å². The molecule has 0 amide bonds. The summed E-state index contributed by atoms with van der Waals surface area (Å²) in [6, 6.07) is 0.557. The average molecular weight is 243 g/mol. The van der Waals surface area contributed by atoms with Gasteiger partial charge >= 0.3 is 0 Å². The van der Waals surface area contributed by atoms with E-state index in [1.807, 2.05) is 6.92 Å². The Balaban J connectivity index is 2.58. The first-order valence-electron chi connectivity index (χ1n) is 7.04. The predicted octanol–water partition coefficient (Wildman–Crippen LogP) is 2.02. The molecule has 3 heteroatoms. The first-order chi connectivity index (χ1) is 7.97. The minimum absolute atomic E-state index is 0.185. The third-order valence-electron chi connectivity index (χ3n) is 4.25. The number of aliphatic hydroxyl groups is 2. The molecule has 0 bridgehead atoms. The summed E-state index contributed by atoms with van der Waals surface area (Å²) in [7, 11) is 0. The molecule has 0 aromatic heterocycles. The SMILES string of the molecule is CC(C)C(C)(O)CN(CCO)C1CCCCC1. The van der Waals surface area contributed by atoms with Gasteiger partial charge in [0.25, 0.3) is 0 Å². The molecule has 17 heavy (non-hydrogen) atoms. The van der Waals surface area contributed by atoms with Crippen molar-refractivity contribution in [3.63, 3.8) is 0 Å². The lowest BCUT2D eigenvalue weighted by atomic mass is 9.89. The van der Waals surface area contributed by atoms with Crippen molar-refractivity contribution >= 4 is 0 Å². The van der Waals surface area contributed by atoms with Crippen LogP contribution in [0.15, 0.2) is 0 Å². The molecule has 0 aromatic carbocycles. The maximum atomic E-state index is 10.4. The highest BCUT2D eigenvalue weighted by Gasteiger charge is 2.31. The van der Waals surface area contributed by atoms with Gasteiger partial charge in [-0.15, -0.1) is 0 Å². The topological polar surface area (TPSA) is 43.7 Å². The number of aliphatic hydroxyl groups excluding tert-OH is 1. The quantitative estimate of drug-likeness (QED) is 0.750. The minimum Gasteiger partial charge on any atom is -0.395 e. The molecular weight excluding hydrogens is 214 g/mol. The van der Waals surface area contributed by atoms with Gasteiger partial charge in [-0.1, -0.05) is 33.1 Å². The molecule has 0 aliphatic heterocycles. The Labute approximate surface area is 106 Å². The predicted molar refractivity (Wildman–Crippen MR) is 71.0 cm³/mol. The van der Waals surface area contributed by atoms with E-state index in [0.717, 1.165) is 0 Å². The van der Waals surface area contributed by atoms with Crippen molar-refractivity contribution in [2.24, 2.45) is 5.92 Å². The number of rotatable bonds is 6. The van der Waals surface area contributed by atoms with E-state index in [9.17, 15) is 10.2 Å². The zero-order valence-corrected chi connectivity index (χ0v) is 11.7. The number of hydrogen-bond donors (Lipinski definition) is 2. The average Bonchev–Trinajstić information content (AvgIpc) is 2.29. The Bertz CT molecular complexity index is 210. The van der Waals surface area contributed by atoms with Gasteiger partial charge in [0.1, 0.15) is 0 Å². The monoisotopic (exact) mass is 243 g/mol. The fraction of sp³-hybridized carbons (Fsp3) is 1.00. The highest BCUT2D eigenvalue weighted by atomic mass is 16.3. The molecule has 1 unspecified atom stereocenters. The van der Waals surface area contributed by atoms with Crippen molar-refractivity contribution in [1.82, 2.24) is 4.90 Å². The standard InChI is InChI=1S/C14H29NO2/c1-12(2)14(3,17)11-15(9-10-16)13-7-5-4-6-8-13/h12-13,16-17H,4-11H2,1-3H3. The molecule has 102 valence electrons. The summed E-state index contributed by atoms with van der Waals surface area (Å²) >= 11 is 0. The van der Waals surface area contributed by atoms with E-state index in [0.29, 0.717) is 19.1 Å². The van der Waals surface area contributed by atoms with Crippen LogP contribution in [0.1, 0.15) is 52.9 Å². The molecule has 3 nitrogen and oxygen atoms in total. The highest BCUT2D eigenvalue weighted by Crippen LogP contribution is 2.25. The number of hydrogen-bond acceptors (Lipinski definition) is 3. The summed E-state index contributed by atoms with van der Waals surface area (Å²) in [4.78, 5) is 2.29. The number of nitrogens with zero attached hydrogens (tertiary/aromatic N) is 1. The lowest BCUT2D eigenvalue weighted by Gasteiger charge is -2.40. The molecule has 1 atom stereocenters. The van der Waals surface area contributed by atoms with Crippen molar-refractivity contribution < 1.29 is 10.2 Å². The van der Waals surface area contributed by atoms with Gasteiger partial charge in [-0.2, -0.15) is 0 Å². The molecule has 0 aromatic rings. The normalized spacial score (nSPS) is 22.1. The molecule has 2 N–H and O–H groups in total. The van der Waals surface area contributed by atoms with E-state index in [-0.39, 0.29) is 12.5 Å². The van der Waals surface area contributed by atoms with Crippen molar-refractivity contribution in [3.8, 4) is 0 Å². The maximum Gasteiger partial charge on any atom is 0.0768 e. The Hall–Kier alpha value is -0.120. The Morgan fingerprint density at radius 1 is 1.24 bits per heavy atom. The van der Waals surface area contributed by atoms with E-state index in [4.69, 9.17) is 0 Å². The van der Waals surface area contributed by atoms with Crippen molar-refractivity contribution in [2.45, 2.75) is 64.5 Å². The zero-order valence-electron chi connectivity index (χ0n) is 11.7. The molecule has 0 heterocycles. The Kier molecular flexibility index (Phi) is 5.90. The Morgan fingerprint density at radius 3 is 2.29 bits per heavy atom. The fourth-order valence-corrected chi connectivity index (χ4v) is 2.56. The van der Waals surface area contributed by atoms with Gasteiger partial charge in [0.2, 0.25) is 0 Å². The van der Waals surface area contributed by atoms with E-state index < -0.39 is 5.60 Å². The summed E-state index contributed by atoms with van der Waals surface area (Å²) in [5, 5.41) is 19.6. The third kappa shape index (κ3) is 4.57. The molecule has 0 saturated heterocycles. The van der Waals surface area contributed by atoms with Crippen LogP contribution in [0.2, 0.25) is 0 Å². The van der Waals surface area contributed by atoms with E-state index in [1.165, 1.54) is 32.1 Å². The van der Waals surface area contributed by atoms with Crippen molar-refractivity contribution in [3.05, 3.63) is 0 Å². The molecule has 1 aliphatic carbocycles. The Morgan fingerprint density at radius 2 is 1.82 bits per heavy atom. The lowest BCUT2D eigenvalue weighted by Crippen LogP contribution is -2.49. The molecule has 1 saturated carbocycles.